The van der Waals surface area contributed by atoms with Crippen molar-refractivity contribution >= 4 is 33.5 Å². The number of alkyl halides is 3. The van der Waals surface area contributed by atoms with Crippen LogP contribution >= 0.6 is 27.5 Å². The number of nitrogens with zero attached hydrogens (tertiary/aromatic N) is 1. The van der Waals surface area contributed by atoms with E-state index in [1.807, 2.05) is 0 Å². The summed E-state index contributed by atoms with van der Waals surface area (Å²) in [6.45, 7) is 0. The second-order valence-electron chi connectivity index (χ2n) is 3.15. The molecule has 0 aliphatic rings. The molecular weight excluding hydrogens is 319 g/mol. The Bertz CT molecular complexity index is 429. The normalized spacial score (nSPS) is 10.7. The third-order valence-electron chi connectivity index (χ3n) is 2.03. The van der Waals surface area contributed by atoms with Crippen LogP contribution in [0.25, 0.3) is 0 Å². The number of halogens is 4. The fraction of sp³-hybridized carbons (Fsp3) is 0.400. The van der Waals surface area contributed by atoms with Gasteiger partial charge in [0.15, 0.2) is 0 Å². The van der Waals surface area contributed by atoms with Gasteiger partial charge in [0.25, 0.3) is 6.43 Å². The quantitative estimate of drug-likeness (QED) is 0.629. The number of hydrogen-bond acceptors (Lipinski definition) is 3. The second kappa shape index (κ2) is 6.26. The van der Waals surface area contributed by atoms with Gasteiger partial charge in [0.2, 0.25) is 0 Å². The predicted octanol–water partition coefficient (Wildman–Crippen LogP) is 3.24. The predicted molar refractivity (Wildman–Crippen MR) is 62.2 cm³/mol. The van der Waals surface area contributed by atoms with E-state index in [9.17, 15) is 13.6 Å². The Hall–Kier alpha value is -0.750. The van der Waals surface area contributed by atoms with Gasteiger partial charge >= 0.3 is 5.97 Å². The average molecular weight is 329 g/mol. The first-order chi connectivity index (χ1) is 7.99. The number of ether oxygens (including phenoxy) is 1. The van der Waals surface area contributed by atoms with Gasteiger partial charge in [0.05, 0.1) is 25.1 Å². The van der Waals surface area contributed by atoms with Crippen LogP contribution in [0.2, 0.25) is 0 Å². The van der Waals surface area contributed by atoms with Gasteiger partial charge in [-0.15, -0.1) is 11.6 Å². The van der Waals surface area contributed by atoms with E-state index in [-0.39, 0.29) is 18.0 Å². The Morgan fingerprint density at radius 3 is 2.76 bits per heavy atom. The van der Waals surface area contributed by atoms with Gasteiger partial charge in [-0.1, -0.05) is 0 Å². The van der Waals surface area contributed by atoms with Crippen molar-refractivity contribution in [1.29, 1.82) is 0 Å². The molecule has 17 heavy (non-hydrogen) atoms. The highest BCUT2D eigenvalue weighted by molar-refractivity contribution is 9.10. The Kier molecular flexibility index (Phi) is 5.27. The minimum Gasteiger partial charge on any atom is -0.469 e. The molecule has 1 aromatic heterocycles. The van der Waals surface area contributed by atoms with Crippen molar-refractivity contribution in [2.75, 3.05) is 7.11 Å². The van der Waals surface area contributed by atoms with E-state index < -0.39 is 18.1 Å². The van der Waals surface area contributed by atoms with Crippen molar-refractivity contribution in [3.8, 4) is 0 Å². The summed E-state index contributed by atoms with van der Waals surface area (Å²) in [6.07, 6.45) is -2.81. The van der Waals surface area contributed by atoms with Crippen LogP contribution in [0.4, 0.5) is 8.78 Å². The van der Waals surface area contributed by atoms with Crippen molar-refractivity contribution in [2.24, 2.45) is 0 Å². The van der Waals surface area contributed by atoms with Gasteiger partial charge in [0, 0.05) is 4.47 Å². The Balaban J connectivity index is 3.17. The molecule has 0 aromatic carbocycles. The zero-order chi connectivity index (χ0) is 13.0. The number of rotatable bonds is 4. The molecule has 0 bridgehead atoms. The highest BCUT2D eigenvalue weighted by atomic mass is 79.9. The molecule has 0 amide bonds. The monoisotopic (exact) mass is 327 g/mol. The SMILES string of the molecule is COC(=O)Cc1cc(C(F)F)nc(CCl)c1Br. The number of hydrogen-bond donors (Lipinski definition) is 0. The molecule has 1 heterocycles. The van der Waals surface area contributed by atoms with Crippen molar-refractivity contribution in [2.45, 2.75) is 18.7 Å². The van der Waals surface area contributed by atoms with E-state index in [1.54, 1.807) is 0 Å². The largest absolute Gasteiger partial charge is 0.469 e. The fourth-order valence-electron chi connectivity index (χ4n) is 1.22. The van der Waals surface area contributed by atoms with Crippen LogP contribution in [0, 0.1) is 0 Å². The smallest absolute Gasteiger partial charge is 0.310 e. The lowest BCUT2D eigenvalue weighted by atomic mass is 10.1. The molecule has 1 rings (SSSR count). The molecule has 7 heteroatoms. The number of esters is 1. The Morgan fingerprint density at radius 1 is 1.65 bits per heavy atom. The molecule has 0 spiro atoms. The minimum absolute atomic E-state index is 0.0185. The number of carbonyl (C=O) groups is 1. The van der Waals surface area contributed by atoms with Crippen molar-refractivity contribution in [3.63, 3.8) is 0 Å². The summed E-state index contributed by atoms with van der Waals surface area (Å²) in [7, 11) is 1.23. The molecule has 0 radical (unpaired) electrons. The van der Waals surface area contributed by atoms with E-state index in [1.165, 1.54) is 13.2 Å². The number of aromatic nitrogens is 1. The molecule has 0 atom stereocenters. The van der Waals surface area contributed by atoms with E-state index in [0.717, 1.165) is 0 Å². The number of pyridine rings is 1. The molecule has 0 aliphatic heterocycles. The summed E-state index contributed by atoms with van der Waals surface area (Å²) >= 11 is 8.78. The first-order valence-corrected chi connectivity index (χ1v) is 5.91. The maximum absolute atomic E-state index is 12.6. The van der Waals surface area contributed by atoms with E-state index in [0.29, 0.717) is 10.0 Å². The number of carbonyl (C=O) groups excluding carboxylic acids is 1. The molecule has 0 N–H and O–H groups in total. The third kappa shape index (κ3) is 3.61. The third-order valence-corrected chi connectivity index (χ3v) is 3.25. The maximum Gasteiger partial charge on any atom is 0.310 e. The van der Waals surface area contributed by atoms with Gasteiger partial charge in [-0.05, 0) is 27.6 Å². The van der Waals surface area contributed by atoms with Crippen LogP contribution in [0.3, 0.4) is 0 Å². The highest BCUT2D eigenvalue weighted by Gasteiger charge is 2.17. The van der Waals surface area contributed by atoms with Crippen molar-refractivity contribution in [1.82, 2.24) is 4.98 Å². The van der Waals surface area contributed by atoms with Crippen LogP contribution in [0.15, 0.2) is 10.5 Å². The standard InChI is InChI=1S/C10H9BrClF2NO2/c1-17-8(16)3-5-2-6(10(13)14)15-7(4-12)9(5)11/h2,10H,3-4H2,1H3. The van der Waals surface area contributed by atoms with Gasteiger partial charge < -0.3 is 4.74 Å². The van der Waals surface area contributed by atoms with Gasteiger partial charge in [-0.3, -0.25) is 4.79 Å². The summed E-state index contributed by atoms with van der Waals surface area (Å²) in [5, 5.41) is 0. The van der Waals surface area contributed by atoms with Crippen molar-refractivity contribution in [3.05, 3.63) is 27.5 Å². The molecule has 0 saturated heterocycles. The van der Waals surface area contributed by atoms with Crippen LogP contribution < -0.4 is 0 Å². The summed E-state index contributed by atoms with van der Waals surface area (Å²) in [5.41, 5.74) is 0.268. The lowest BCUT2D eigenvalue weighted by molar-refractivity contribution is -0.139. The van der Waals surface area contributed by atoms with Crippen molar-refractivity contribution < 1.29 is 18.3 Å². The van der Waals surface area contributed by atoms with Gasteiger partial charge in [0.1, 0.15) is 5.69 Å². The van der Waals surface area contributed by atoms with Crippen LogP contribution in [0.5, 0.6) is 0 Å². The van der Waals surface area contributed by atoms with Crippen LogP contribution in [0.1, 0.15) is 23.4 Å². The van der Waals surface area contributed by atoms with E-state index in [2.05, 4.69) is 25.7 Å². The Labute approximate surface area is 110 Å². The summed E-state index contributed by atoms with van der Waals surface area (Å²) in [4.78, 5) is 14.8. The van der Waals surface area contributed by atoms with Crippen LogP contribution in [-0.4, -0.2) is 18.1 Å². The molecule has 0 unspecified atom stereocenters. The van der Waals surface area contributed by atoms with E-state index in [4.69, 9.17) is 11.6 Å². The second-order valence-corrected chi connectivity index (χ2v) is 4.21. The molecule has 0 aliphatic carbocycles. The Morgan fingerprint density at radius 2 is 2.29 bits per heavy atom. The average Bonchev–Trinajstić information content (AvgIpc) is 2.31. The van der Waals surface area contributed by atoms with E-state index >= 15 is 0 Å². The fourth-order valence-corrected chi connectivity index (χ4v) is 2.06. The zero-order valence-electron chi connectivity index (χ0n) is 8.84. The molecule has 0 saturated carbocycles. The zero-order valence-corrected chi connectivity index (χ0v) is 11.2. The maximum atomic E-state index is 12.6. The lowest BCUT2D eigenvalue weighted by Crippen LogP contribution is -2.08. The topological polar surface area (TPSA) is 39.2 Å². The summed E-state index contributed by atoms with van der Waals surface area (Å²) < 4.78 is 30.1. The molecule has 94 valence electrons. The highest BCUT2D eigenvalue weighted by Crippen LogP contribution is 2.27. The van der Waals surface area contributed by atoms with Crippen LogP contribution in [-0.2, 0) is 21.8 Å². The summed E-state index contributed by atoms with van der Waals surface area (Å²) in [5.74, 6) is -0.535. The van der Waals surface area contributed by atoms with Gasteiger partial charge in [-0.2, -0.15) is 0 Å². The molecule has 0 fully saturated rings. The molecular formula is C10H9BrClF2NO2. The summed E-state index contributed by atoms with van der Waals surface area (Å²) in [6, 6.07) is 1.17. The molecule has 3 nitrogen and oxygen atoms in total. The minimum atomic E-state index is -2.71. The first kappa shape index (κ1) is 14.3. The number of methoxy groups -OCH3 is 1. The van der Waals surface area contributed by atoms with Gasteiger partial charge in [-0.25, -0.2) is 13.8 Å². The first-order valence-electron chi connectivity index (χ1n) is 4.58. The lowest BCUT2D eigenvalue weighted by Gasteiger charge is -2.09. The molecule has 1 aromatic rings.